The molecule has 0 bridgehead atoms. The Balaban J connectivity index is 1.33. The lowest BCUT2D eigenvalue weighted by Crippen LogP contribution is -2.20. The summed E-state index contributed by atoms with van der Waals surface area (Å²) in [5, 5.41) is 12.0. The first-order chi connectivity index (χ1) is 12.3. The maximum absolute atomic E-state index is 5.46. The van der Waals surface area contributed by atoms with E-state index in [1.807, 2.05) is 17.9 Å². The Morgan fingerprint density at radius 1 is 1.24 bits per heavy atom. The number of aromatic nitrogens is 4. The maximum Gasteiger partial charge on any atom is 0.257 e. The van der Waals surface area contributed by atoms with Crippen molar-refractivity contribution in [1.82, 2.24) is 25.2 Å². The molecule has 1 fully saturated rings. The number of rotatable bonds is 5. The van der Waals surface area contributed by atoms with E-state index in [9.17, 15) is 0 Å². The average Bonchev–Trinajstić information content (AvgIpc) is 3.05. The summed E-state index contributed by atoms with van der Waals surface area (Å²) in [7, 11) is 1.98. The molecule has 0 spiro atoms. The number of nitrogens with zero attached hydrogens (tertiary/aromatic N) is 4. The van der Waals surface area contributed by atoms with E-state index in [1.165, 1.54) is 29.7 Å². The molecule has 0 unspecified atom stereocenters. The van der Waals surface area contributed by atoms with Gasteiger partial charge in [-0.1, -0.05) is 11.2 Å². The molecule has 1 saturated carbocycles. The van der Waals surface area contributed by atoms with E-state index in [0.717, 1.165) is 30.8 Å². The SMILES string of the molecule is Cn1nccc1CN[C@@H]1CCc2cc(-c3nc(C4CC4)no3)ccc21. The van der Waals surface area contributed by atoms with E-state index >= 15 is 0 Å². The highest BCUT2D eigenvalue weighted by atomic mass is 16.5. The van der Waals surface area contributed by atoms with Gasteiger partial charge in [0.25, 0.3) is 5.89 Å². The highest BCUT2D eigenvalue weighted by Crippen LogP contribution is 2.39. The van der Waals surface area contributed by atoms with Crippen molar-refractivity contribution in [3.05, 3.63) is 53.1 Å². The zero-order chi connectivity index (χ0) is 16.8. The van der Waals surface area contributed by atoms with E-state index in [-0.39, 0.29) is 0 Å². The first kappa shape index (κ1) is 14.8. The largest absolute Gasteiger partial charge is 0.334 e. The van der Waals surface area contributed by atoms with Crippen molar-refractivity contribution >= 4 is 0 Å². The van der Waals surface area contributed by atoms with Crippen LogP contribution in [0.4, 0.5) is 0 Å². The third kappa shape index (κ3) is 2.76. The van der Waals surface area contributed by atoms with E-state index in [2.05, 4.69) is 44.8 Å². The molecule has 6 heteroatoms. The lowest BCUT2D eigenvalue weighted by Gasteiger charge is -2.14. The molecule has 1 N–H and O–H groups in total. The zero-order valence-electron chi connectivity index (χ0n) is 14.3. The van der Waals surface area contributed by atoms with Crippen LogP contribution in [0.1, 0.15) is 53.9 Å². The van der Waals surface area contributed by atoms with Crippen molar-refractivity contribution < 1.29 is 4.52 Å². The van der Waals surface area contributed by atoms with Crippen LogP contribution in [0.25, 0.3) is 11.5 Å². The minimum absolute atomic E-state index is 0.392. The summed E-state index contributed by atoms with van der Waals surface area (Å²) in [6, 6.07) is 8.97. The number of hydrogen-bond acceptors (Lipinski definition) is 5. The third-order valence-electron chi connectivity index (χ3n) is 5.30. The molecule has 0 saturated heterocycles. The van der Waals surface area contributed by atoms with Crippen LogP contribution in [0, 0.1) is 0 Å². The first-order valence-electron chi connectivity index (χ1n) is 8.95. The highest BCUT2D eigenvalue weighted by Gasteiger charge is 2.29. The fourth-order valence-electron chi connectivity index (χ4n) is 3.62. The van der Waals surface area contributed by atoms with Crippen molar-refractivity contribution in [3.63, 3.8) is 0 Å². The molecule has 128 valence electrons. The van der Waals surface area contributed by atoms with Crippen LogP contribution >= 0.6 is 0 Å². The van der Waals surface area contributed by atoms with Crippen molar-refractivity contribution in [2.24, 2.45) is 7.05 Å². The van der Waals surface area contributed by atoms with Crippen molar-refractivity contribution in [1.29, 1.82) is 0 Å². The van der Waals surface area contributed by atoms with Crippen LogP contribution in [0.5, 0.6) is 0 Å². The van der Waals surface area contributed by atoms with E-state index in [4.69, 9.17) is 4.52 Å². The molecule has 1 atom stereocenters. The second-order valence-electron chi connectivity index (χ2n) is 7.06. The molecular formula is C19H21N5O. The number of aryl methyl sites for hydroxylation is 2. The fraction of sp³-hybridized carbons (Fsp3) is 0.421. The Hall–Kier alpha value is -2.47. The van der Waals surface area contributed by atoms with Crippen LogP contribution in [0.15, 0.2) is 35.0 Å². The summed E-state index contributed by atoms with van der Waals surface area (Å²) >= 11 is 0. The zero-order valence-corrected chi connectivity index (χ0v) is 14.3. The van der Waals surface area contributed by atoms with Gasteiger partial charge >= 0.3 is 0 Å². The van der Waals surface area contributed by atoms with Gasteiger partial charge in [0, 0.05) is 37.3 Å². The predicted octanol–water partition coefficient (Wildman–Crippen LogP) is 3.12. The standard InChI is InChI=1S/C19H21N5O/c1-24-15(8-9-21-24)11-20-17-7-5-13-10-14(4-6-16(13)17)19-22-18(23-25-19)12-2-3-12/h4,6,8-10,12,17,20H,2-3,5,7,11H2,1H3/t17-/m1/s1. The lowest BCUT2D eigenvalue weighted by molar-refractivity contribution is 0.422. The molecule has 0 aliphatic heterocycles. The molecule has 2 aromatic heterocycles. The van der Waals surface area contributed by atoms with E-state index in [0.29, 0.717) is 17.9 Å². The quantitative estimate of drug-likeness (QED) is 0.776. The molecule has 25 heavy (non-hydrogen) atoms. The summed E-state index contributed by atoms with van der Waals surface area (Å²) in [5.41, 5.74) is 4.99. The van der Waals surface area contributed by atoms with Gasteiger partial charge in [-0.05, 0) is 55.0 Å². The molecule has 2 aliphatic rings. The van der Waals surface area contributed by atoms with Gasteiger partial charge < -0.3 is 9.84 Å². The van der Waals surface area contributed by atoms with Gasteiger partial charge in [-0.15, -0.1) is 0 Å². The highest BCUT2D eigenvalue weighted by molar-refractivity contribution is 5.57. The number of benzene rings is 1. The maximum atomic E-state index is 5.46. The monoisotopic (exact) mass is 335 g/mol. The normalized spacial score (nSPS) is 19.3. The van der Waals surface area contributed by atoms with Crippen molar-refractivity contribution in [2.75, 3.05) is 0 Å². The first-order valence-corrected chi connectivity index (χ1v) is 8.95. The topological polar surface area (TPSA) is 68.8 Å². The molecule has 1 aromatic carbocycles. The van der Waals surface area contributed by atoms with Gasteiger partial charge in [0.2, 0.25) is 0 Å². The number of nitrogens with one attached hydrogen (secondary N) is 1. The summed E-state index contributed by atoms with van der Waals surface area (Å²) in [5.74, 6) is 2.04. The summed E-state index contributed by atoms with van der Waals surface area (Å²) in [4.78, 5) is 4.56. The molecule has 3 aromatic rings. The summed E-state index contributed by atoms with van der Waals surface area (Å²) in [6.45, 7) is 0.830. The molecule has 0 radical (unpaired) electrons. The molecule has 5 rings (SSSR count). The fourth-order valence-corrected chi connectivity index (χ4v) is 3.62. The Morgan fingerprint density at radius 2 is 2.16 bits per heavy atom. The van der Waals surface area contributed by atoms with Crippen molar-refractivity contribution in [2.45, 2.75) is 44.2 Å². The van der Waals surface area contributed by atoms with Crippen LogP contribution in [-0.2, 0) is 20.0 Å². The van der Waals surface area contributed by atoms with Gasteiger partial charge in [-0.25, -0.2) is 0 Å². The summed E-state index contributed by atoms with van der Waals surface area (Å²) < 4.78 is 7.38. The third-order valence-corrected chi connectivity index (χ3v) is 5.30. The van der Waals surface area contributed by atoms with E-state index < -0.39 is 0 Å². The Bertz CT molecular complexity index is 908. The van der Waals surface area contributed by atoms with Crippen molar-refractivity contribution in [3.8, 4) is 11.5 Å². The Labute approximate surface area is 146 Å². The van der Waals surface area contributed by atoms with Crippen LogP contribution in [0.3, 0.4) is 0 Å². The molecule has 6 nitrogen and oxygen atoms in total. The molecule has 0 amide bonds. The Kier molecular flexibility index (Phi) is 3.45. The summed E-state index contributed by atoms with van der Waals surface area (Å²) in [6.07, 6.45) is 6.41. The van der Waals surface area contributed by atoms with Gasteiger partial charge in [-0.3, -0.25) is 4.68 Å². The van der Waals surface area contributed by atoms with Crippen LogP contribution in [-0.4, -0.2) is 19.9 Å². The lowest BCUT2D eigenvalue weighted by atomic mass is 10.0. The van der Waals surface area contributed by atoms with Gasteiger partial charge in [0.15, 0.2) is 5.82 Å². The molecular weight excluding hydrogens is 314 g/mol. The van der Waals surface area contributed by atoms with Gasteiger partial charge in [0.05, 0.1) is 5.69 Å². The minimum Gasteiger partial charge on any atom is -0.334 e. The molecule has 2 heterocycles. The number of fused-ring (bicyclic) bond motifs is 1. The Morgan fingerprint density at radius 3 is 2.96 bits per heavy atom. The smallest absolute Gasteiger partial charge is 0.257 e. The minimum atomic E-state index is 0.392. The molecule has 2 aliphatic carbocycles. The van der Waals surface area contributed by atoms with Gasteiger partial charge in [0.1, 0.15) is 0 Å². The second-order valence-corrected chi connectivity index (χ2v) is 7.06. The van der Waals surface area contributed by atoms with Crippen LogP contribution in [0.2, 0.25) is 0 Å². The van der Waals surface area contributed by atoms with E-state index in [1.54, 1.807) is 0 Å². The predicted molar refractivity (Wildman–Crippen MR) is 92.8 cm³/mol. The second kappa shape index (κ2) is 5.81. The van der Waals surface area contributed by atoms with Gasteiger partial charge in [-0.2, -0.15) is 10.1 Å². The average molecular weight is 335 g/mol. The van der Waals surface area contributed by atoms with Crippen LogP contribution < -0.4 is 5.32 Å². The number of hydrogen-bond donors (Lipinski definition) is 1.